The molecule has 0 bridgehead atoms. The predicted molar refractivity (Wildman–Crippen MR) is 82.7 cm³/mol. The summed E-state index contributed by atoms with van der Waals surface area (Å²) >= 11 is 0. The molecular weight excluding hydrogens is 268 g/mol. The molecule has 1 N–H and O–H groups in total. The van der Waals surface area contributed by atoms with E-state index in [1.165, 1.54) is 0 Å². The number of amides is 2. The Bertz CT molecular complexity index is 528. The van der Waals surface area contributed by atoms with Crippen LogP contribution < -0.4 is 10.2 Å². The van der Waals surface area contributed by atoms with E-state index < -0.39 is 6.09 Å². The molecule has 1 aliphatic heterocycles. The topological polar surface area (TPSA) is 58.6 Å². The molecule has 2 rings (SSSR count). The molecular formula is C16H22N2O3. The summed E-state index contributed by atoms with van der Waals surface area (Å²) in [5.41, 5.74) is 2.77. The lowest BCUT2D eigenvalue weighted by atomic mass is 10.00. The average molecular weight is 290 g/mol. The van der Waals surface area contributed by atoms with Gasteiger partial charge in [-0.25, -0.2) is 4.79 Å². The molecule has 1 aromatic rings. The highest BCUT2D eigenvalue weighted by atomic mass is 16.5. The molecule has 0 fully saturated rings. The van der Waals surface area contributed by atoms with E-state index in [1.807, 2.05) is 23.1 Å². The number of carbonyl (C=O) groups excluding carboxylic acids is 2. The van der Waals surface area contributed by atoms with Gasteiger partial charge in [0, 0.05) is 24.3 Å². The Labute approximate surface area is 125 Å². The van der Waals surface area contributed by atoms with Gasteiger partial charge < -0.3 is 9.64 Å². The second kappa shape index (κ2) is 7.11. The molecule has 0 aliphatic carbocycles. The third kappa shape index (κ3) is 3.74. The van der Waals surface area contributed by atoms with Crippen molar-refractivity contribution >= 4 is 23.4 Å². The van der Waals surface area contributed by atoms with E-state index in [1.54, 1.807) is 6.92 Å². The van der Waals surface area contributed by atoms with Gasteiger partial charge in [0.1, 0.15) is 0 Å². The van der Waals surface area contributed by atoms with E-state index in [0.717, 1.165) is 37.1 Å². The molecule has 0 spiro atoms. The number of nitrogens with one attached hydrogen (secondary N) is 1. The van der Waals surface area contributed by atoms with Crippen LogP contribution in [0, 0.1) is 0 Å². The van der Waals surface area contributed by atoms with Gasteiger partial charge in [-0.05, 0) is 43.5 Å². The van der Waals surface area contributed by atoms with Gasteiger partial charge in [0.2, 0.25) is 5.91 Å². The minimum absolute atomic E-state index is 0.182. The number of unbranched alkanes of at least 4 members (excludes halogenated alkanes) is 1. The van der Waals surface area contributed by atoms with Gasteiger partial charge in [-0.3, -0.25) is 10.1 Å². The Kier molecular flexibility index (Phi) is 5.20. The maximum atomic E-state index is 12.0. The highest BCUT2D eigenvalue weighted by Crippen LogP contribution is 2.30. The zero-order chi connectivity index (χ0) is 15.2. The first-order chi connectivity index (χ1) is 10.2. The number of hydrogen-bond acceptors (Lipinski definition) is 3. The van der Waals surface area contributed by atoms with Crippen molar-refractivity contribution in [1.29, 1.82) is 0 Å². The summed E-state index contributed by atoms with van der Waals surface area (Å²) in [6.45, 7) is 4.98. The van der Waals surface area contributed by atoms with Crippen molar-refractivity contribution in [3.05, 3.63) is 23.8 Å². The number of carbonyl (C=O) groups is 2. The Balaban J connectivity index is 2.16. The van der Waals surface area contributed by atoms with E-state index in [-0.39, 0.29) is 5.91 Å². The standard InChI is InChI=1S/C16H22N2O3/c1-3-5-10-18-14-8-7-13(17-16(20)21-4-2)11-12(14)6-9-15(18)19/h7-8,11H,3-6,9-10H2,1-2H3,(H,17,20). The van der Waals surface area contributed by atoms with Gasteiger partial charge in [-0.2, -0.15) is 0 Å². The van der Waals surface area contributed by atoms with E-state index in [4.69, 9.17) is 4.74 Å². The summed E-state index contributed by atoms with van der Waals surface area (Å²) in [7, 11) is 0. The van der Waals surface area contributed by atoms with Crippen LogP contribution in [0.25, 0.3) is 0 Å². The largest absolute Gasteiger partial charge is 0.450 e. The van der Waals surface area contributed by atoms with E-state index in [9.17, 15) is 9.59 Å². The number of ether oxygens (including phenoxy) is 1. The van der Waals surface area contributed by atoms with Crippen LogP contribution in [0.1, 0.15) is 38.7 Å². The summed E-state index contributed by atoms with van der Waals surface area (Å²) in [6.07, 6.45) is 2.84. The zero-order valence-electron chi connectivity index (χ0n) is 12.6. The van der Waals surface area contributed by atoms with Gasteiger partial charge in [-0.1, -0.05) is 13.3 Å². The number of fused-ring (bicyclic) bond motifs is 1. The highest BCUT2D eigenvalue weighted by Gasteiger charge is 2.23. The lowest BCUT2D eigenvalue weighted by Gasteiger charge is -2.29. The normalized spacial score (nSPS) is 13.8. The molecule has 0 saturated heterocycles. The summed E-state index contributed by atoms with van der Waals surface area (Å²) in [5, 5.41) is 2.70. The summed E-state index contributed by atoms with van der Waals surface area (Å²) in [4.78, 5) is 25.3. The van der Waals surface area contributed by atoms with Crippen molar-refractivity contribution in [3.8, 4) is 0 Å². The molecule has 0 radical (unpaired) electrons. The minimum atomic E-state index is -0.452. The van der Waals surface area contributed by atoms with Gasteiger partial charge >= 0.3 is 6.09 Å². The predicted octanol–water partition coefficient (Wildman–Crippen LogP) is 3.33. The van der Waals surface area contributed by atoms with Crippen molar-refractivity contribution in [3.63, 3.8) is 0 Å². The SMILES string of the molecule is CCCCN1C(=O)CCc2cc(NC(=O)OCC)ccc21. The number of nitrogens with zero attached hydrogens (tertiary/aromatic N) is 1. The third-order valence-electron chi connectivity index (χ3n) is 3.54. The van der Waals surface area contributed by atoms with Crippen molar-refractivity contribution in [2.24, 2.45) is 0 Å². The van der Waals surface area contributed by atoms with Gasteiger partial charge in [0.15, 0.2) is 0 Å². The number of benzene rings is 1. The van der Waals surface area contributed by atoms with Crippen molar-refractivity contribution < 1.29 is 14.3 Å². The Hall–Kier alpha value is -2.04. The molecule has 1 heterocycles. The molecule has 0 atom stereocenters. The molecule has 1 aliphatic rings. The first-order valence-corrected chi connectivity index (χ1v) is 7.52. The number of anilines is 2. The van der Waals surface area contributed by atoms with Crippen LogP contribution >= 0.6 is 0 Å². The molecule has 0 unspecified atom stereocenters. The maximum Gasteiger partial charge on any atom is 0.411 e. The Morgan fingerprint density at radius 1 is 1.33 bits per heavy atom. The molecule has 0 saturated carbocycles. The zero-order valence-corrected chi connectivity index (χ0v) is 12.6. The van der Waals surface area contributed by atoms with E-state index in [2.05, 4.69) is 12.2 Å². The fourth-order valence-electron chi connectivity index (χ4n) is 2.48. The number of hydrogen-bond donors (Lipinski definition) is 1. The monoisotopic (exact) mass is 290 g/mol. The summed E-state index contributed by atoms with van der Waals surface area (Å²) < 4.78 is 4.87. The fourth-order valence-corrected chi connectivity index (χ4v) is 2.48. The fraction of sp³-hybridized carbons (Fsp3) is 0.500. The van der Waals surface area contributed by atoms with Gasteiger partial charge in [-0.15, -0.1) is 0 Å². The molecule has 5 nitrogen and oxygen atoms in total. The second-order valence-corrected chi connectivity index (χ2v) is 5.09. The minimum Gasteiger partial charge on any atom is -0.450 e. The highest BCUT2D eigenvalue weighted by molar-refractivity contribution is 5.97. The van der Waals surface area contributed by atoms with Gasteiger partial charge in [0.05, 0.1) is 6.61 Å². The smallest absolute Gasteiger partial charge is 0.411 e. The van der Waals surface area contributed by atoms with Crippen LogP contribution in [0.3, 0.4) is 0 Å². The molecule has 1 aromatic carbocycles. The van der Waals surface area contributed by atoms with Crippen LogP contribution in [-0.4, -0.2) is 25.2 Å². The average Bonchev–Trinajstić information content (AvgIpc) is 2.46. The molecule has 21 heavy (non-hydrogen) atoms. The first kappa shape index (κ1) is 15.4. The van der Waals surface area contributed by atoms with E-state index >= 15 is 0 Å². The van der Waals surface area contributed by atoms with E-state index in [0.29, 0.717) is 18.7 Å². The van der Waals surface area contributed by atoms with Crippen LogP contribution in [0.5, 0.6) is 0 Å². The first-order valence-electron chi connectivity index (χ1n) is 7.52. The lowest BCUT2D eigenvalue weighted by Crippen LogP contribution is -2.35. The number of rotatable bonds is 5. The molecule has 114 valence electrons. The summed E-state index contributed by atoms with van der Waals surface area (Å²) in [6, 6.07) is 5.65. The maximum absolute atomic E-state index is 12.0. The molecule has 0 aromatic heterocycles. The third-order valence-corrected chi connectivity index (χ3v) is 3.54. The molecule has 2 amide bonds. The van der Waals surface area contributed by atoms with Crippen LogP contribution in [0.2, 0.25) is 0 Å². The van der Waals surface area contributed by atoms with Gasteiger partial charge in [0.25, 0.3) is 0 Å². The lowest BCUT2D eigenvalue weighted by molar-refractivity contribution is -0.118. The Morgan fingerprint density at radius 2 is 2.14 bits per heavy atom. The number of aryl methyl sites for hydroxylation is 1. The van der Waals surface area contributed by atoms with Crippen molar-refractivity contribution in [1.82, 2.24) is 0 Å². The Morgan fingerprint density at radius 3 is 2.86 bits per heavy atom. The molecule has 5 heteroatoms. The van der Waals surface area contributed by atoms with Crippen LogP contribution in [-0.2, 0) is 16.0 Å². The van der Waals surface area contributed by atoms with Crippen molar-refractivity contribution in [2.75, 3.05) is 23.4 Å². The van der Waals surface area contributed by atoms with Crippen LogP contribution in [0.15, 0.2) is 18.2 Å². The second-order valence-electron chi connectivity index (χ2n) is 5.09. The van der Waals surface area contributed by atoms with Crippen LogP contribution in [0.4, 0.5) is 16.2 Å². The summed E-state index contributed by atoms with van der Waals surface area (Å²) in [5.74, 6) is 0.182. The quantitative estimate of drug-likeness (QED) is 0.904. The van der Waals surface area contributed by atoms with Crippen molar-refractivity contribution in [2.45, 2.75) is 39.5 Å².